The van der Waals surface area contributed by atoms with Crippen molar-refractivity contribution in [1.29, 1.82) is 0 Å². The Bertz CT molecular complexity index is 572. The summed E-state index contributed by atoms with van der Waals surface area (Å²) >= 11 is 0. The fraction of sp³-hybridized carbons (Fsp3) is 0.143. The Morgan fingerprint density at radius 3 is 2.89 bits per heavy atom. The third-order valence-corrected chi connectivity index (χ3v) is 2.61. The van der Waals surface area contributed by atoms with Crippen molar-refractivity contribution in [1.82, 2.24) is 10.3 Å². The van der Waals surface area contributed by atoms with Crippen molar-refractivity contribution in [2.45, 2.75) is 13.5 Å². The van der Waals surface area contributed by atoms with E-state index in [2.05, 4.69) is 15.6 Å². The maximum absolute atomic E-state index is 12.9. The predicted octanol–water partition coefficient (Wildman–Crippen LogP) is 2.85. The van der Waals surface area contributed by atoms with E-state index in [0.29, 0.717) is 17.8 Å². The Hall–Kier alpha value is -2.43. The van der Waals surface area contributed by atoms with E-state index in [1.54, 1.807) is 25.4 Å². The standard InChI is InChI=1S/C14H14FN3O/c1-10-7-12(15)4-5-13(10)18-14(19)17-9-11-3-2-6-16-8-11/h2-8H,9H2,1H3,(H2,17,18,19). The van der Waals surface area contributed by atoms with Gasteiger partial charge in [-0.1, -0.05) is 6.07 Å². The summed E-state index contributed by atoms with van der Waals surface area (Å²) in [4.78, 5) is 15.6. The summed E-state index contributed by atoms with van der Waals surface area (Å²) in [6.45, 7) is 2.12. The van der Waals surface area contributed by atoms with Gasteiger partial charge in [-0.2, -0.15) is 0 Å². The molecule has 2 amide bonds. The Kier molecular flexibility index (Phi) is 4.07. The average molecular weight is 259 g/mol. The second-order valence-corrected chi connectivity index (χ2v) is 4.13. The summed E-state index contributed by atoms with van der Waals surface area (Å²) < 4.78 is 12.9. The van der Waals surface area contributed by atoms with Crippen LogP contribution in [-0.2, 0) is 6.54 Å². The molecule has 2 rings (SSSR count). The highest BCUT2D eigenvalue weighted by Crippen LogP contribution is 2.15. The fourth-order valence-corrected chi connectivity index (χ4v) is 1.62. The Balaban J connectivity index is 1.91. The van der Waals surface area contributed by atoms with Crippen LogP contribution in [-0.4, -0.2) is 11.0 Å². The topological polar surface area (TPSA) is 54.0 Å². The highest BCUT2D eigenvalue weighted by Gasteiger charge is 2.05. The zero-order chi connectivity index (χ0) is 13.7. The minimum absolute atomic E-state index is 0.321. The highest BCUT2D eigenvalue weighted by molar-refractivity contribution is 5.89. The van der Waals surface area contributed by atoms with Crippen LogP contribution in [0.1, 0.15) is 11.1 Å². The van der Waals surface area contributed by atoms with Crippen molar-refractivity contribution in [2.24, 2.45) is 0 Å². The molecular weight excluding hydrogens is 245 g/mol. The van der Waals surface area contributed by atoms with Crippen LogP contribution in [0.25, 0.3) is 0 Å². The maximum Gasteiger partial charge on any atom is 0.319 e. The van der Waals surface area contributed by atoms with Gasteiger partial charge in [-0.3, -0.25) is 4.98 Å². The molecule has 0 fully saturated rings. The molecule has 0 aliphatic carbocycles. The van der Waals surface area contributed by atoms with Gasteiger partial charge >= 0.3 is 6.03 Å². The van der Waals surface area contributed by atoms with Gasteiger partial charge in [0.25, 0.3) is 0 Å². The molecule has 4 nitrogen and oxygen atoms in total. The molecule has 0 aliphatic heterocycles. The minimum atomic E-state index is -0.335. The van der Waals surface area contributed by atoms with Gasteiger partial charge in [0.2, 0.25) is 0 Å². The highest BCUT2D eigenvalue weighted by atomic mass is 19.1. The molecule has 2 N–H and O–H groups in total. The lowest BCUT2D eigenvalue weighted by molar-refractivity contribution is 0.251. The Morgan fingerprint density at radius 2 is 2.21 bits per heavy atom. The van der Waals surface area contributed by atoms with Crippen molar-refractivity contribution >= 4 is 11.7 Å². The number of carbonyl (C=O) groups is 1. The summed E-state index contributed by atoms with van der Waals surface area (Å²) in [5, 5.41) is 5.38. The van der Waals surface area contributed by atoms with Gasteiger partial charge < -0.3 is 10.6 Å². The molecule has 0 aliphatic rings. The van der Waals surface area contributed by atoms with E-state index >= 15 is 0 Å². The first-order valence-corrected chi connectivity index (χ1v) is 5.85. The first-order valence-electron chi connectivity index (χ1n) is 5.85. The molecule has 0 bridgehead atoms. The zero-order valence-corrected chi connectivity index (χ0v) is 10.5. The van der Waals surface area contributed by atoms with Gasteiger partial charge in [0.15, 0.2) is 0 Å². The summed E-state index contributed by atoms with van der Waals surface area (Å²) in [5.74, 6) is -0.321. The number of carbonyl (C=O) groups excluding carboxylic acids is 1. The van der Waals surface area contributed by atoms with Gasteiger partial charge in [-0.25, -0.2) is 9.18 Å². The lowest BCUT2D eigenvalue weighted by atomic mass is 10.2. The molecule has 0 spiro atoms. The second-order valence-electron chi connectivity index (χ2n) is 4.13. The largest absolute Gasteiger partial charge is 0.334 e. The molecule has 5 heteroatoms. The molecule has 0 saturated heterocycles. The van der Waals surface area contributed by atoms with E-state index in [9.17, 15) is 9.18 Å². The number of pyridine rings is 1. The second kappa shape index (κ2) is 5.95. The number of hydrogen-bond acceptors (Lipinski definition) is 2. The van der Waals surface area contributed by atoms with Crippen LogP contribution < -0.4 is 10.6 Å². The summed E-state index contributed by atoms with van der Waals surface area (Å²) in [5.41, 5.74) is 2.18. The van der Waals surface area contributed by atoms with E-state index in [-0.39, 0.29) is 11.8 Å². The number of rotatable bonds is 3. The third kappa shape index (κ3) is 3.77. The molecule has 0 radical (unpaired) electrons. The minimum Gasteiger partial charge on any atom is -0.334 e. The van der Waals surface area contributed by atoms with Crippen LogP contribution in [0.5, 0.6) is 0 Å². The van der Waals surface area contributed by atoms with Gasteiger partial charge in [-0.05, 0) is 42.3 Å². The normalized spacial score (nSPS) is 10.0. The third-order valence-electron chi connectivity index (χ3n) is 2.61. The van der Waals surface area contributed by atoms with Crippen molar-refractivity contribution < 1.29 is 9.18 Å². The lowest BCUT2D eigenvalue weighted by Gasteiger charge is -2.09. The first kappa shape index (κ1) is 13.0. The monoisotopic (exact) mass is 259 g/mol. The number of aromatic nitrogens is 1. The maximum atomic E-state index is 12.9. The summed E-state index contributed by atoms with van der Waals surface area (Å²) in [6.07, 6.45) is 3.36. The smallest absolute Gasteiger partial charge is 0.319 e. The van der Waals surface area contributed by atoms with Crippen molar-refractivity contribution in [2.75, 3.05) is 5.32 Å². The molecule has 1 aromatic heterocycles. The van der Waals surface area contributed by atoms with E-state index in [1.807, 2.05) is 6.07 Å². The SMILES string of the molecule is Cc1cc(F)ccc1NC(=O)NCc1cccnc1. The molecule has 1 heterocycles. The Morgan fingerprint density at radius 1 is 1.37 bits per heavy atom. The number of urea groups is 1. The van der Waals surface area contributed by atoms with Crippen molar-refractivity contribution in [3.63, 3.8) is 0 Å². The number of hydrogen-bond donors (Lipinski definition) is 2. The van der Waals surface area contributed by atoms with E-state index in [1.165, 1.54) is 18.2 Å². The quantitative estimate of drug-likeness (QED) is 0.890. The van der Waals surface area contributed by atoms with Gasteiger partial charge in [-0.15, -0.1) is 0 Å². The number of anilines is 1. The zero-order valence-electron chi connectivity index (χ0n) is 10.5. The number of benzene rings is 1. The van der Waals surface area contributed by atoms with Crippen LogP contribution >= 0.6 is 0 Å². The summed E-state index contributed by atoms with van der Waals surface area (Å²) in [7, 11) is 0. The van der Waals surface area contributed by atoms with Gasteiger partial charge in [0.05, 0.1) is 0 Å². The van der Waals surface area contributed by atoms with Crippen LogP contribution in [0.2, 0.25) is 0 Å². The molecule has 19 heavy (non-hydrogen) atoms. The molecule has 0 atom stereocenters. The van der Waals surface area contributed by atoms with Crippen molar-refractivity contribution in [3.8, 4) is 0 Å². The van der Waals surface area contributed by atoms with Gasteiger partial charge in [0.1, 0.15) is 5.82 Å². The summed E-state index contributed by atoms with van der Waals surface area (Å²) in [6, 6.07) is 7.56. The molecule has 1 aromatic carbocycles. The van der Waals surface area contributed by atoms with E-state index in [0.717, 1.165) is 5.56 Å². The van der Waals surface area contributed by atoms with E-state index in [4.69, 9.17) is 0 Å². The van der Waals surface area contributed by atoms with Crippen LogP contribution in [0.15, 0.2) is 42.7 Å². The number of halogens is 1. The first-order chi connectivity index (χ1) is 9.15. The van der Waals surface area contributed by atoms with Crippen LogP contribution in [0, 0.1) is 12.7 Å². The van der Waals surface area contributed by atoms with Crippen LogP contribution in [0.3, 0.4) is 0 Å². The molecule has 0 saturated carbocycles. The van der Waals surface area contributed by atoms with E-state index < -0.39 is 0 Å². The number of nitrogens with one attached hydrogen (secondary N) is 2. The fourth-order valence-electron chi connectivity index (χ4n) is 1.62. The lowest BCUT2D eigenvalue weighted by Crippen LogP contribution is -2.28. The predicted molar refractivity (Wildman–Crippen MR) is 71.2 cm³/mol. The molecule has 0 unspecified atom stereocenters. The van der Waals surface area contributed by atoms with Crippen LogP contribution in [0.4, 0.5) is 14.9 Å². The molecular formula is C14H14FN3O. The Labute approximate surface area is 110 Å². The number of nitrogens with zero attached hydrogens (tertiary/aromatic N) is 1. The number of aryl methyl sites for hydroxylation is 1. The van der Waals surface area contributed by atoms with Crippen molar-refractivity contribution in [3.05, 3.63) is 59.7 Å². The van der Waals surface area contributed by atoms with Gasteiger partial charge in [0, 0.05) is 24.6 Å². The average Bonchev–Trinajstić information content (AvgIpc) is 2.41. The number of amides is 2. The molecule has 2 aromatic rings. The molecule has 98 valence electrons.